The Kier molecular flexibility index (Phi) is 15.5. The van der Waals surface area contributed by atoms with Crippen LogP contribution in [-0.2, 0) is 14.2 Å². The van der Waals surface area contributed by atoms with Crippen LogP contribution in [0.1, 0.15) is 64.7 Å². The summed E-state index contributed by atoms with van der Waals surface area (Å²) in [5, 5.41) is 6.67. The van der Waals surface area contributed by atoms with Gasteiger partial charge in [0.05, 0.1) is 18.8 Å². The van der Waals surface area contributed by atoms with Crippen LogP contribution in [0.25, 0.3) is 0 Å². The average molecular weight is 497 g/mol. The number of ether oxygens (including phenoxy) is 3. The minimum Gasteiger partial charge on any atom is -0.381 e. The Hall–Kier alpha value is -0.120. The molecule has 1 aliphatic carbocycles. The van der Waals surface area contributed by atoms with E-state index in [1.165, 1.54) is 38.5 Å². The molecule has 160 valence electrons. The van der Waals surface area contributed by atoms with Crippen LogP contribution >= 0.6 is 24.0 Å². The smallest absolute Gasteiger partial charge is 0.191 e. The standard InChI is InChI=1S/C20H39N3O3.HI/c1-2-21-20(22-12-7-14-25-19-10-15-24-16-11-19)23-13-17-26-18-8-5-3-4-6-9-18;/h18-19H,2-17H2,1H3,(H2,21,22,23);1H. The molecule has 2 N–H and O–H groups in total. The van der Waals surface area contributed by atoms with E-state index in [-0.39, 0.29) is 24.0 Å². The van der Waals surface area contributed by atoms with E-state index in [1.807, 2.05) is 0 Å². The van der Waals surface area contributed by atoms with Gasteiger partial charge in [0.2, 0.25) is 0 Å². The van der Waals surface area contributed by atoms with Gasteiger partial charge in [0, 0.05) is 39.5 Å². The van der Waals surface area contributed by atoms with E-state index in [0.717, 1.165) is 71.3 Å². The zero-order chi connectivity index (χ0) is 18.3. The Morgan fingerprint density at radius 1 is 0.926 bits per heavy atom. The van der Waals surface area contributed by atoms with Gasteiger partial charge in [0.1, 0.15) is 0 Å². The first-order valence-corrected chi connectivity index (χ1v) is 10.7. The highest BCUT2D eigenvalue weighted by Crippen LogP contribution is 2.19. The minimum absolute atomic E-state index is 0. The molecule has 0 aromatic heterocycles. The summed E-state index contributed by atoms with van der Waals surface area (Å²) in [6.45, 7) is 7.74. The highest BCUT2D eigenvalue weighted by molar-refractivity contribution is 14.0. The van der Waals surface area contributed by atoms with Crippen molar-refractivity contribution in [2.75, 3.05) is 46.1 Å². The van der Waals surface area contributed by atoms with Crippen molar-refractivity contribution in [2.24, 2.45) is 4.99 Å². The highest BCUT2D eigenvalue weighted by Gasteiger charge is 2.13. The molecule has 1 aliphatic heterocycles. The van der Waals surface area contributed by atoms with Gasteiger partial charge in [-0.05, 0) is 39.0 Å². The van der Waals surface area contributed by atoms with E-state index in [1.54, 1.807) is 0 Å². The van der Waals surface area contributed by atoms with Crippen LogP contribution in [0.15, 0.2) is 4.99 Å². The molecule has 0 bridgehead atoms. The fraction of sp³-hybridized carbons (Fsp3) is 0.950. The fourth-order valence-electron chi connectivity index (χ4n) is 3.49. The molecule has 6 nitrogen and oxygen atoms in total. The van der Waals surface area contributed by atoms with Crippen LogP contribution in [0.3, 0.4) is 0 Å². The fourth-order valence-corrected chi connectivity index (χ4v) is 3.49. The molecule has 2 aliphatic rings. The lowest BCUT2D eigenvalue weighted by Crippen LogP contribution is -2.39. The van der Waals surface area contributed by atoms with Crippen LogP contribution in [0.2, 0.25) is 0 Å². The number of rotatable bonds is 10. The van der Waals surface area contributed by atoms with E-state index >= 15 is 0 Å². The third-order valence-corrected chi connectivity index (χ3v) is 4.99. The van der Waals surface area contributed by atoms with Gasteiger partial charge < -0.3 is 24.8 Å². The summed E-state index contributed by atoms with van der Waals surface area (Å²) in [5.41, 5.74) is 0. The lowest BCUT2D eigenvalue weighted by Gasteiger charge is -2.22. The highest BCUT2D eigenvalue weighted by atomic mass is 127. The van der Waals surface area contributed by atoms with Crippen molar-refractivity contribution in [1.29, 1.82) is 0 Å². The molecule has 2 fully saturated rings. The molecule has 0 unspecified atom stereocenters. The predicted octanol–water partition coefficient (Wildman–Crippen LogP) is 3.48. The van der Waals surface area contributed by atoms with E-state index in [9.17, 15) is 0 Å². The second-order valence-corrected chi connectivity index (χ2v) is 7.21. The van der Waals surface area contributed by atoms with Crippen LogP contribution in [0, 0.1) is 0 Å². The normalized spacial score (nSPS) is 20.0. The molecule has 0 spiro atoms. The molecule has 0 atom stereocenters. The van der Waals surface area contributed by atoms with E-state index in [0.29, 0.717) is 12.2 Å². The molecule has 27 heavy (non-hydrogen) atoms. The molecule has 7 heteroatoms. The van der Waals surface area contributed by atoms with Gasteiger partial charge in [-0.25, -0.2) is 0 Å². The van der Waals surface area contributed by atoms with Gasteiger partial charge in [-0.3, -0.25) is 4.99 Å². The predicted molar refractivity (Wildman–Crippen MR) is 121 cm³/mol. The maximum atomic E-state index is 6.03. The van der Waals surface area contributed by atoms with Crippen molar-refractivity contribution in [1.82, 2.24) is 10.6 Å². The first-order valence-electron chi connectivity index (χ1n) is 10.7. The molecule has 0 amide bonds. The Labute approximate surface area is 182 Å². The third kappa shape index (κ3) is 12.1. The van der Waals surface area contributed by atoms with Gasteiger partial charge in [-0.15, -0.1) is 24.0 Å². The van der Waals surface area contributed by atoms with Crippen molar-refractivity contribution in [3.63, 3.8) is 0 Å². The van der Waals surface area contributed by atoms with Gasteiger partial charge in [0.15, 0.2) is 5.96 Å². The molecule has 1 saturated carbocycles. The SMILES string of the molecule is CCNC(=NCCCOC1CCOCC1)NCCOC1CCCCCC1.I. The molecule has 0 aromatic carbocycles. The molecular weight excluding hydrogens is 457 g/mol. The second-order valence-electron chi connectivity index (χ2n) is 7.21. The van der Waals surface area contributed by atoms with Crippen LogP contribution < -0.4 is 10.6 Å². The quantitative estimate of drug-likeness (QED) is 0.159. The van der Waals surface area contributed by atoms with Crippen LogP contribution in [0.5, 0.6) is 0 Å². The maximum Gasteiger partial charge on any atom is 0.191 e. The summed E-state index contributed by atoms with van der Waals surface area (Å²) in [6, 6.07) is 0. The van der Waals surface area contributed by atoms with Crippen molar-refractivity contribution in [2.45, 2.75) is 76.9 Å². The Morgan fingerprint density at radius 2 is 1.59 bits per heavy atom. The summed E-state index contributed by atoms with van der Waals surface area (Å²) in [4.78, 5) is 4.63. The monoisotopic (exact) mass is 497 g/mol. The number of hydrogen-bond acceptors (Lipinski definition) is 4. The first-order chi connectivity index (χ1) is 12.9. The van der Waals surface area contributed by atoms with Crippen molar-refractivity contribution in [3.05, 3.63) is 0 Å². The van der Waals surface area contributed by atoms with E-state index < -0.39 is 0 Å². The van der Waals surface area contributed by atoms with E-state index in [2.05, 4.69) is 22.5 Å². The number of hydrogen-bond donors (Lipinski definition) is 2. The Bertz CT molecular complexity index is 371. The number of nitrogens with zero attached hydrogens (tertiary/aromatic N) is 1. The number of guanidine groups is 1. The second kappa shape index (κ2) is 16.8. The van der Waals surface area contributed by atoms with Crippen LogP contribution in [-0.4, -0.2) is 64.2 Å². The topological polar surface area (TPSA) is 64.1 Å². The van der Waals surface area contributed by atoms with Gasteiger partial charge in [-0.1, -0.05) is 25.7 Å². The van der Waals surface area contributed by atoms with Crippen LogP contribution in [0.4, 0.5) is 0 Å². The van der Waals surface area contributed by atoms with Crippen molar-refractivity contribution < 1.29 is 14.2 Å². The summed E-state index contributed by atoms with van der Waals surface area (Å²) in [7, 11) is 0. The molecule has 1 heterocycles. The van der Waals surface area contributed by atoms with Gasteiger partial charge in [0.25, 0.3) is 0 Å². The van der Waals surface area contributed by atoms with Gasteiger partial charge >= 0.3 is 0 Å². The Morgan fingerprint density at radius 3 is 2.30 bits per heavy atom. The molecular formula is C20H40IN3O3. The van der Waals surface area contributed by atoms with Gasteiger partial charge in [-0.2, -0.15) is 0 Å². The summed E-state index contributed by atoms with van der Waals surface area (Å²) in [5.74, 6) is 0.878. The third-order valence-electron chi connectivity index (χ3n) is 4.99. The summed E-state index contributed by atoms with van der Waals surface area (Å²) in [6.07, 6.45) is 11.6. The van der Waals surface area contributed by atoms with E-state index in [4.69, 9.17) is 14.2 Å². The number of nitrogens with one attached hydrogen (secondary N) is 2. The molecule has 1 saturated heterocycles. The first kappa shape index (κ1) is 24.9. The van der Waals surface area contributed by atoms with Crippen molar-refractivity contribution in [3.8, 4) is 0 Å². The lowest BCUT2D eigenvalue weighted by molar-refractivity contribution is -0.0318. The zero-order valence-electron chi connectivity index (χ0n) is 17.0. The summed E-state index contributed by atoms with van der Waals surface area (Å²) >= 11 is 0. The number of halogens is 1. The number of aliphatic imine (C=N–C) groups is 1. The lowest BCUT2D eigenvalue weighted by atomic mass is 10.1. The molecule has 0 aromatic rings. The Balaban J connectivity index is 0.00000364. The zero-order valence-corrected chi connectivity index (χ0v) is 19.4. The minimum atomic E-state index is 0. The maximum absolute atomic E-state index is 6.03. The average Bonchev–Trinajstić information content (AvgIpc) is 2.94. The van der Waals surface area contributed by atoms with Crippen molar-refractivity contribution >= 4 is 29.9 Å². The largest absolute Gasteiger partial charge is 0.381 e. The summed E-state index contributed by atoms with van der Waals surface area (Å²) < 4.78 is 17.3. The molecule has 0 radical (unpaired) electrons. The molecule has 2 rings (SSSR count).